The summed E-state index contributed by atoms with van der Waals surface area (Å²) < 4.78 is 0. The van der Waals surface area contributed by atoms with Crippen molar-refractivity contribution in [3.8, 4) is 17.2 Å². The van der Waals surface area contributed by atoms with Crippen LogP contribution in [0.1, 0.15) is 5.56 Å². The van der Waals surface area contributed by atoms with Crippen molar-refractivity contribution in [2.75, 3.05) is 36.4 Å². The summed E-state index contributed by atoms with van der Waals surface area (Å²) in [7, 11) is 0. The first-order valence-corrected chi connectivity index (χ1v) is 9.71. The summed E-state index contributed by atoms with van der Waals surface area (Å²) in [6.45, 7) is 2.62. The van der Waals surface area contributed by atoms with E-state index in [9.17, 15) is 10.1 Å². The summed E-state index contributed by atoms with van der Waals surface area (Å²) in [5.74, 6) is 0. The number of urea groups is 1. The second-order valence-corrected chi connectivity index (χ2v) is 6.94. The highest BCUT2D eigenvalue weighted by Crippen LogP contribution is 2.28. The fourth-order valence-corrected chi connectivity index (χ4v) is 3.65. The molecule has 0 saturated carbocycles. The number of carbonyl (C=O) groups is 1. The van der Waals surface area contributed by atoms with Crippen LogP contribution in [0.2, 0.25) is 0 Å². The number of amides is 2. The normalized spacial score (nSPS) is 13.6. The van der Waals surface area contributed by atoms with Crippen LogP contribution in [0.25, 0.3) is 11.1 Å². The van der Waals surface area contributed by atoms with Crippen LogP contribution in [-0.2, 0) is 0 Å². The third kappa shape index (κ3) is 4.07. The standard InChI is InChI=1S/C24H22N4O/c25-18-20-10-4-7-13-23(20)27-14-16-28(17-15-27)24(29)26-22-12-6-5-11-21(22)19-8-2-1-3-9-19/h1-13H,14-17H2,(H,26,29). The van der Waals surface area contributed by atoms with Crippen LogP contribution in [0.3, 0.4) is 0 Å². The van der Waals surface area contributed by atoms with Crippen molar-refractivity contribution in [1.82, 2.24) is 4.90 Å². The summed E-state index contributed by atoms with van der Waals surface area (Å²) in [5.41, 5.74) is 4.48. The van der Waals surface area contributed by atoms with Gasteiger partial charge in [-0.25, -0.2) is 4.79 Å². The number of nitrogens with one attached hydrogen (secondary N) is 1. The Morgan fingerprint density at radius 3 is 2.24 bits per heavy atom. The zero-order chi connectivity index (χ0) is 20.1. The predicted octanol–water partition coefficient (Wildman–Crippen LogP) is 4.58. The van der Waals surface area contributed by atoms with Gasteiger partial charge in [-0.2, -0.15) is 5.26 Å². The Kier molecular flexibility index (Phi) is 5.44. The van der Waals surface area contributed by atoms with Crippen LogP contribution in [0, 0.1) is 11.3 Å². The van der Waals surface area contributed by atoms with Crippen LogP contribution < -0.4 is 10.2 Å². The second-order valence-electron chi connectivity index (χ2n) is 6.94. The third-order valence-electron chi connectivity index (χ3n) is 5.19. The van der Waals surface area contributed by atoms with Crippen LogP contribution in [-0.4, -0.2) is 37.1 Å². The van der Waals surface area contributed by atoms with Gasteiger partial charge in [0.2, 0.25) is 0 Å². The number of para-hydroxylation sites is 2. The average molecular weight is 382 g/mol. The Labute approximate surface area is 170 Å². The molecule has 1 saturated heterocycles. The lowest BCUT2D eigenvalue weighted by molar-refractivity contribution is 0.208. The van der Waals surface area contributed by atoms with Crippen molar-refractivity contribution in [1.29, 1.82) is 5.26 Å². The molecule has 1 N–H and O–H groups in total. The number of benzene rings is 3. The van der Waals surface area contributed by atoms with E-state index in [1.165, 1.54) is 0 Å². The van der Waals surface area contributed by atoms with Gasteiger partial charge in [0.05, 0.1) is 16.9 Å². The minimum absolute atomic E-state index is 0.0957. The molecule has 5 nitrogen and oxygen atoms in total. The van der Waals surface area contributed by atoms with E-state index in [-0.39, 0.29) is 6.03 Å². The molecule has 0 atom stereocenters. The molecule has 5 heteroatoms. The van der Waals surface area contributed by atoms with Gasteiger partial charge in [0.15, 0.2) is 0 Å². The average Bonchev–Trinajstić information content (AvgIpc) is 2.80. The van der Waals surface area contributed by atoms with E-state index in [1.54, 1.807) is 0 Å². The highest BCUT2D eigenvalue weighted by molar-refractivity contribution is 5.94. The third-order valence-corrected chi connectivity index (χ3v) is 5.19. The summed E-state index contributed by atoms with van der Waals surface area (Å²) in [4.78, 5) is 16.9. The Morgan fingerprint density at radius 2 is 1.48 bits per heavy atom. The maximum atomic E-state index is 12.9. The smallest absolute Gasteiger partial charge is 0.321 e. The number of hydrogen-bond acceptors (Lipinski definition) is 3. The van der Waals surface area contributed by atoms with E-state index < -0.39 is 0 Å². The van der Waals surface area contributed by atoms with Gasteiger partial charge in [-0.05, 0) is 23.8 Å². The monoisotopic (exact) mass is 382 g/mol. The molecular weight excluding hydrogens is 360 g/mol. The van der Waals surface area contributed by atoms with Crippen molar-refractivity contribution >= 4 is 17.4 Å². The molecule has 4 rings (SSSR count). The largest absolute Gasteiger partial charge is 0.367 e. The minimum Gasteiger partial charge on any atom is -0.367 e. The highest BCUT2D eigenvalue weighted by atomic mass is 16.2. The molecule has 1 fully saturated rings. The maximum absolute atomic E-state index is 12.9. The maximum Gasteiger partial charge on any atom is 0.321 e. The van der Waals surface area contributed by atoms with E-state index in [0.29, 0.717) is 31.7 Å². The van der Waals surface area contributed by atoms with Crippen molar-refractivity contribution in [2.45, 2.75) is 0 Å². The molecule has 0 bridgehead atoms. The van der Waals surface area contributed by atoms with Crippen molar-refractivity contribution < 1.29 is 4.79 Å². The van der Waals surface area contributed by atoms with Crippen LogP contribution >= 0.6 is 0 Å². The molecule has 0 radical (unpaired) electrons. The van der Waals surface area contributed by atoms with Gasteiger partial charge >= 0.3 is 6.03 Å². The number of piperazine rings is 1. The van der Waals surface area contributed by atoms with Gasteiger partial charge in [-0.3, -0.25) is 0 Å². The molecule has 1 heterocycles. The van der Waals surface area contributed by atoms with Crippen molar-refractivity contribution in [2.24, 2.45) is 0 Å². The molecule has 1 aliphatic rings. The van der Waals surface area contributed by atoms with Crippen molar-refractivity contribution in [3.63, 3.8) is 0 Å². The Balaban J connectivity index is 1.43. The lowest BCUT2D eigenvalue weighted by atomic mass is 10.0. The zero-order valence-electron chi connectivity index (χ0n) is 16.1. The quantitative estimate of drug-likeness (QED) is 0.721. The van der Waals surface area contributed by atoms with Gasteiger partial charge in [0.25, 0.3) is 0 Å². The first-order chi connectivity index (χ1) is 14.3. The van der Waals surface area contributed by atoms with Gasteiger partial charge in [0, 0.05) is 31.7 Å². The number of rotatable bonds is 3. The number of nitriles is 1. The summed E-state index contributed by atoms with van der Waals surface area (Å²) in [6, 6.07) is 27.6. The summed E-state index contributed by atoms with van der Waals surface area (Å²) in [5, 5.41) is 12.4. The topological polar surface area (TPSA) is 59.4 Å². The number of anilines is 2. The molecule has 0 spiro atoms. The van der Waals surface area contributed by atoms with Crippen molar-refractivity contribution in [3.05, 3.63) is 84.4 Å². The van der Waals surface area contributed by atoms with Gasteiger partial charge in [-0.15, -0.1) is 0 Å². The lowest BCUT2D eigenvalue weighted by Gasteiger charge is -2.36. The number of hydrogen-bond donors (Lipinski definition) is 1. The lowest BCUT2D eigenvalue weighted by Crippen LogP contribution is -2.50. The Bertz CT molecular complexity index is 1030. The van der Waals surface area contributed by atoms with Crippen LogP contribution in [0.4, 0.5) is 16.2 Å². The van der Waals surface area contributed by atoms with E-state index in [0.717, 1.165) is 22.5 Å². The first-order valence-electron chi connectivity index (χ1n) is 9.71. The molecule has 2 amide bonds. The van der Waals surface area contributed by atoms with E-state index in [4.69, 9.17) is 0 Å². The molecule has 0 unspecified atom stereocenters. The SMILES string of the molecule is N#Cc1ccccc1N1CCN(C(=O)Nc2ccccc2-c2ccccc2)CC1. The molecule has 0 aromatic heterocycles. The van der Waals surface area contributed by atoms with Crippen LogP contribution in [0.15, 0.2) is 78.9 Å². The molecule has 144 valence electrons. The molecule has 29 heavy (non-hydrogen) atoms. The van der Waals surface area contributed by atoms with E-state index >= 15 is 0 Å². The summed E-state index contributed by atoms with van der Waals surface area (Å²) in [6.07, 6.45) is 0. The van der Waals surface area contributed by atoms with E-state index in [1.807, 2.05) is 83.8 Å². The fourth-order valence-electron chi connectivity index (χ4n) is 3.65. The Morgan fingerprint density at radius 1 is 0.828 bits per heavy atom. The highest BCUT2D eigenvalue weighted by Gasteiger charge is 2.23. The molecule has 3 aromatic rings. The zero-order valence-corrected chi connectivity index (χ0v) is 16.1. The second kappa shape index (κ2) is 8.49. The van der Waals surface area contributed by atoms with Gasteiger partial charge in [-0.1, -0.05) is 60.7 Å². The Hall–Kier alpha value is -3.78. The van der Waals surface area contributed by atoms with Gasteiger partial charge in [0.1, 0.15) is 6.07 Å². The fraction of sp³-hybridized carbons (Fsp3) is 0.167. The molecule has 0 aliphatic carbocycles. The van der Waals surface area contributed by atoms with Crippen LogP contribution in [0.5, 0.6) is 0 Å². The summed E-state index contributed by atoms with van der Waals surface area (Å²) >= 11 is 0. The predicted molar refractivity (Wildman–Crippen MR) is 116 cm³/mol. The number of carbonyl (C=O) groups excluding carboxylic acids is 1. The molecule has 3 aromatic carbocycles. The first kappa shape index (κ1) is 18.6. The molecule has 1 aliphatic heterocycles. The molecular formula is C24H22N4O. The van der Waals surface area contributed by atoms with E-state index in [2.05, 4.69) is 16.3 Å². The van der Waals surface area contributed by atoms with Gasteiger partial charge < -0.3 is 15.1 Å². The number of nitrogens with zero attached hydrogens (tertiary/aromatic N) is 3. The minimum atomic E-state index is -0.0957.